The Morgan fingerprint density at radius 2 is 2.13 bits per heavy atom. The van der Waals surface area contributed by atoms with Crippen LogP contribution >= 0.6 is 0 Å². The summed E-state index contributed by atoms with van der Waals surface area (Å²) in [6.07, 6.45) is 5.25. The quantitative estimate of drug-likeness (QED) is 0.641. The molecule has 3 aromatic rings. The number of nitriles is 1. The van der Waals surface area contributed by atoms with Crippen LogP contribution < -0.4 is 4.90 Å². The number of aromatic nitrogens is 3. The van der Waals surface area contributed by atoms with E-state index in [1.807, 2.05) is 35.7 Å². The third-order valence-electron chi connectivity index (χ3n) is 6.74. The Morgan fingerprint density at radius 3 is 3.00 bits per heavy atom. The van der Waals surface area contributed by atoms with E-state index in [1.54, 1.807) is 6.33 Å². The molecule has 2 aromatic heterocycles. The third kappa shape index (κ3) is 3.63. The van der Waals surface area contributed by atoms with Crippen LogP contribution in [0.25, 0.3) is 5.65 Å². The van der Waals surface area contributed by atoms with Gasteiger partial charge in [-0.1, -0.05) is 12.1 Å². The fraction of sp³-hybridized carbons (Fsp3) is 0.417. The summed E-state index contributed by atoms with van der Waals surface area (Å²) in [4.78, 5) is 21.6. The highest BCUT2D eigenvalue weighted by molar-refractivity contribution is 5.82. The molecule has 7 heteroatoms. The summed E-state index contributed by atoms with van der Waals surface area (Å²) >= 11 is 0. The summed E-state index contributed by atoms with van der Waals surface area (Å²) in [5.41, 5.74) is 4.81. The molecule has 0 bridgehead atoms. The Kier molecular flexibility index (Phi) is 5.06. The van der Waals surface area contributed by atoms with Crippen molar-refractivity contribution in [3.8, 4) is 6.07 Å². The second-order valence-electron chi connectivity index (χ2n) is 8.61. The van der Waals surface area contributed by atoms with Crippen LogP contribution in [-0.2, 0) is 11.2 Å². The van der Waals surface area contributed by atoms with Gasteiger partial charge in [0.05, 0.1) is 17.7 Å². The van der Waals surface area contributed by atoms with Gasteiger partial charge in [0.2, 0.25) is 5.91 Å². The molecule has 0 aliphatic carbocycles. The van der Waals surface area contributed by atoms with Gasteiger partial charge in [0.1, 0.15) is 6.33 Å². The summed E-state index contributed by atoms with van der Waals surface area (Å²) in [6.45, 7) is 4.38. The van der Waals surface area contributed by atoms with Crippen LogP contribution in [0.4, 0.5) is 5.69 Å². The van der Waals surface area contributed by atoms with Gasteiger partial charge < -0.3 is 9.80 Å². The Morgan fingerprint density at radius 1 is 1.23 bits per heavy atom. The summed E-state index contributed by atoms with van der Waals surface area (Å²) in [6, 6.07) is 14.7. The number of fused-ring (bicyclic) bond motifs is 2. The van der Waals surface area contributed by atoms with E-state index < -0.39 is 0 Å². The van der Waals surface area contributed by atoms with E-state index in [-0.39, 0.29) is 12.0 Å². The molecule has 2 aliphatic rings. The predicted molar refractivity (Wildman–Crippen MR) is 118 cm³/mol. The molecule has 0 N–H and O–H groups in total. The molecule has 31 heavy (non-hydrogen) atoms. The molecule has 2 aliphatic heterocycles. The lowest BCUT2D eigenvalue weighted by molar-refractivity contribution is -0.132. The van der Waals surface area contributed by atoms with Crippen molar-refractivity contribution < 1.29 is 4.79 Å². The summed E-state index contributed by atoms with van der Waals surface area (Å²) in [7, 11) is 0. The molecule has 0 unspecified atom stereocenters. The number of anilines is 1. The predicted octanol–water partition coefficient (Wildman–Crippen LogP) is 2.97. The molecule has 2 saturated heterocycles. The van der Waals surface area contributed by atoms with Crippen molar-refractivity contribution >= 4 is 17.2 Å². The maximum absolute atomic E-state index is 13.0. The van der Waals surface area contributed by atoms with Gasteiger partial charge in [0.15, 0.2) is 5.65 Å². The van der Waals surface area contributed by atoms with Gasteiger partial charge >= 0.3 is 0 Å². The minimum Gasteiger partial charge on any atom is -0.368 e. The van der Waals surface area contributed by atoms with Crippen LogP contribution in [0, 0.1) is 24.2 Å². The number of rotatable bonds is 5. The average Bonchev–Trinajstić information content (AvgIpc) is 3.39. The minimum absolute atomic E-state index is 0.104. The number of pyridine rings is 1. The Labute approximate surface area is 181 Å². The lowest BCUT2D eigenvalue weighted by atomic mass is 9.97. The number of hydrogen-bond donors (Lipinski definition) is 0. The monoisotopic (exact) mass is 414 g/mol. The van der Waals surface area contributed by atoms with Gasteiger partial charge in [-0.2, -0.15) is 10.4 Å². The van der Waals surface area contributed by atoms with E-state index in [4.69, 9.17) is 0 Å². The molecular weight excluding hydrogens is 388 g/mol. The third-order valence-corrected chi connectivity index (χ3v) is 6.74. The minimum atomic E-state index is 0.104. The van der Waals surface area contributed by atoms with Crippen molar-refractivity contribution in [3.63, 3.8) is 0 Å². The first-order valence-corrected chi connectivity index (χ1v) is 11.0. The standard InChI is InChI=1S/C24H26N6O/c1-17-8-9-21(13-19(17)14-25)28-10-11-29-22(15-28)12-18(24(29)31)4-2-5-20-6-3-7-23-26-16-27-30(20)23/h3,6-9,13,16,18,22H,2,4-5,10-12,15H2,1H3/t18-,22-/m0/s1. The van der Waals surface area contributed by atoms with Crippen molar-refractivity contribution in [2.45, 2.75) is 38.6 Å². The fourth-order valence-corrected chi connectivity index (χ4v) is 5.03. The first-order valence-electron chi connectivity index (χ1n) is 11.0. The van der Waals surface area contributed by atoms with Crippen molar-refractivity contribution in [1.82, 2.24) is 19.5 Å². The molecule has 1 amide bonds. The van der Waals surface area contributed by atoms with Crippen molar-refractivity contribution in [3.05, 3.63) is 59.5 Å². The topological polar surface area (TPSA) is 77.5 Å². The zero-order valence-corrected chi connectivity index (χ0v) is 17.7. The van der Waals surface area contributed by atoms with E-state index >= 15 is 0 Å². The molecule has 5 rings (SSSR count). The second kappa shape index (κ2) is 8.03. The number of nitrogens with zero attached hydrogens (tertiary/aromatic N) is 6. The van der Waals surface area contributed by atoms with Crippen molar-refractivity contribution in [2.75, 3.05) is 24.5 Å². The number of carbonyl (C=O) groups is 1. The lowest BCUT2D eigenvalue weighted by Gasteiger charge is -2.39. The molecule has 0 spiro atoms. The Bertz CT molecular complexity index is 1160. The number of hydrogen-bond acceptors (Lipinski definition) is 5. The molecular formula is C24H26N6O. The molecule has 0 saturated carbocycles. The summed E-state index contributed by atoms with van der Waals surface area (Å²) < 4.78 is 1.88. The van der Waals surface area contributed by atoms with Crippen LogP contribution in [0.5, 0.6) is 0 Å². The molecule has 0 radical (unpaired) electrons. The van der Waals surface area contributed by atoms with Crippen LogP contribution in [0.3, 0.4) is 0 Å². The molecule has 2 atom stereocenters. The SMILES string of the molecule is Cc1ccc(N2CCN3C(=O)[C@@H](CCCc4cccc5ncnn45)C[C@H]3C2)cc1C#N. The lowest BCUT2D eigenvalue weighted by Crippen LogP contribution is -2.51. The summed E-state index contributed by atoms with van der Waals surface area (Å²) in [5.74, 6) is 0.415. The normalized spacial score (nSPS) is 20.8. The number of aryl methyl sites for hydroxylation is 2. The van der Waals surface area contributed by atoms with E-state index in [9.17, 15) is 10.1 Å². The maximum atomic E-state index is 13.0. The van der Waals surface area contributed by atoms with Gasteiger partial charge in [-0.05, 0) is 62.4 Å². The van der Waals surface area contributed by atoms with Crippen molar-refractivity contribution in [1.29, 1.82) is 5.26 Å². The highest BCUT2D eigenvalue weighted by Crippen LogP contribution is 2.33. The van der Waals surface area contributed by atoms with Crippen LogP contribution in [0.1, 0.15) is 36.1 Å². The maximum Gasteiger partial charge on any atom is 0.226 e. The van der Waals surface area contributed by atoms with Crippen LogP contribution in [-0.4, -0.2) is 51.1 Å². The molecule has 4 heterocycles. The largest absolute Gasteiger partial charge is 0.368 e. The van der Waals surface area contributed by atoms with Gasteiger partial charge in [-0.15, -0.1) is 0 Å². The molecule has 1 aromatic carbocycles. The highest BCUT2D eigenvalue weighted by Gasteiger charge is 2.41. The van der Waals surface area contributed by atoms with Gasteiger partial charge in [0.25, 0.3) is 0 Å². The Balaban J connectivity index is 1.21. The average molecular weight is 415 g/mol. The number of carbonyl (C=O) groups excluding carboxylic acids is 1. The van der Waals surface area contributed by atoms with Gasteiger partial charge in [-0.3, -0.25) is 4.79 Å². The Hall–Kier alpha value is -3.40. The van der Waals surface area contributed by atoms with Gasteiger partial charge in [0, 0.05) is 36.9 Å². The fourth-order valence-electron chi connectivity index (χ4n) is 5.03. The van der Waals surface area contributed by atoms with Crippen LogP contribution in [0.15, 0.2) is 42.7 Å². The second-order valence-corrected chi connectivity index (χ2v) is 8.61. The number of benzene rings is 1. The first kappa shape index (κ1) is 19.6. The van der Waals surface area contributed by atoms with E-state index in [0.717, 1.165) is 73.5 Å². The number of piperazine rings is 1. The van der Waals surface area contributed by atoms with E-state index in [0.29, 0.717) is 5.91 Å². The number of amides is 1. The van der Waals surface area contributed by atoms with Crippen molar-refractivity contribution in [2.24, 2.45) is 5.92 Å². The molecule has 7 nitrogen and oxygen atoms in total. The zero-order valence-electron chi connectivity index (χ0n) is 17.7. The highest BCUT2D eigenvalue weighted by atomic mass is 16.2. The summed E-state index contributed by atoms with van der Waals surface area (Å²) in [5, 5.41) is 13.6. The first-order chi connectivity index (χ1) is 15.1. The van der Waals surface area contributed by atoms with Gasteiger partial charge in [-0.25, -0.2) is 9.50 Å². The van der Waals surface area contributed by atoms with Crippen LogP contribution in [0.2, 0.25) is 0 Å². The van der Waals surface area contributed by atoms with E-state index in [2.05, 4.69) is 38.1 Å². The van der Waals surface area contributed by atoms with E-state index in [1.165, 1.54) is 0 Å². The molecule has 2 fully saturated rings. The smallest absolute Gasteiger partial charge is 0.226 e. The zero-order chi connectivity index (χ0) is 21.4. The molecule has 158 valence electrons.